The third-order valence-corrected chi connectivity index (χ3v) is 3.26. The molecule has 0 saturated carbocycles. The van der Waals surface area contributed by atoms with Crippen molar-refractivity contribution in [1.29, 1.82) is 0 Å². The Kier molecular flexibility index (Phi) is 3.98. The van der Waals surface area contributed by atoms with Crippen molar-refractivity contribution >= 4 is 17.8 Å². The SMILES string of the molecule is CC1NC(=O)CCC1CNC(=O)Cn1cnc(N)n1. The first kappa shape index (κ1) is 13.3. The molecule has 8 nitrogen and oxygen atoms in total. The molecule has 1 aliphatic heterocycles. The van der Waals surface area contributed by atoms with Crippen LogP contribution in [0.1, 0.15) is 19.8 Å². The molecule has 2 atom stereocenters. The van der Waals surface area contributed by atoms with E-state index in [1.165, 1.54) is 11.0 Å². The summed E-state index contributed by atoms with van der Waals surface area (Å²) in [7, 11) is 0. The van der Waals surface area contributed by atoms with Gasteiger partial charge in [-0.15, -0.1) is 5.10 Å². The Bertz CT molecular complexity index is 472. The number of rotatable bonds is 4. The Hall–Kier alpha value is -2.12. The Labute approximate surface area is 110 Å². The van der Waals surface area contributed by atoms with Crippen LogP contribution in [0.3, 0.4) is 0 Å². The van der Waals surface area contributed by atoms with E-state index in [0.717, 1.165) is 6.42 Å². The second kappa shape index (κ2) is 5.68. The highest BCUT2D eigenvalue weighted by molar-refractivity contribution is 5.77. The van der Waals surface area contributed by atoms with E-state index in [1.54, 1.807) is 0 Å². The van der Waals surface area contributed by atoms with E-state index in [0.29, 0.717) is 13.0 Å². The number of amides is 2. The lowest BCUT2D eigenvalue weighted by Crippen LogP contribution is -2.47. The van der Waals surface area contributed by atoms with Gasteiger partial charge in [0.2, 0.25) is 17.8 Å². The van der Waals surface area contributed by atoms with E-state index in [4.69, 9.17) is 5.73 Å². The summed E-state index contributed by atoms with van der Waals surface area (Å²) in [6.45, 7) is 2.59. The van der Waals surface area contributed by atoms with Gasteiger partial charge in [0.25, 0.3) is 0 Å². The molecule has 2 rings (SSSR count). The molecular formula is C11H18N6O2. The first-order valence-corrected chi connectivity index (χ1v) is 6.25. The molecule has 0 radical (unpaired) electrons. The second-order valence-electron chi connectivity index (χ2n) is 4.76. The minimum Gasteiger partial charge on any atom is -0.367 e. The molecule has 2 heterocycles. The largest absolute Gasteiger partial charge is 0.367 e. The summed E-state index contributed by atoms with van der Waals surface area (Å²) in [4.78, 5) is 26.6. The van der Waals surface area contributed by atoms with Crippen LogP contribution in [0, 0.1) is 5.92 Å². The number of nitrogens with one attached hydrogen (secondary N) is 2. The van der Waals surface area contributed by atoms with Crippen molar-refractivity contribution in [3.05, 3.63) is 6.33 Å². The van der Waals surface area contributed by atoms with Crippen molar-refractivity contribution in [2.45, 2.75) is 32.4 Å². The van der Waals surface area contributed by atoms with Gasteiger partial charge < -0.3 is 16.4 Å². The topological polar surface area (TPSA) is 115 Å². The average molecular weight is 266 g/mol. The number of aromatic nitrogens is 3. The normalized spacial score (nSPS) is 22.9. The number of nitrogens with two attached hydrogens (primary N) is 1. The van der Waals surface area contributed by atoms with Crippen LogP contribution >= 0.6 is 0 Å². The minimum absolute atomic E-state index is 0.0770. The molecule has 0 aliphatic carbocycles. The van der Waals surface area contributed by atoms with E-state index < -0.39 is 0 Å². The fourth-order valence-electron chi connectivity index (χ4n) is 2.12. The first-order chi connectivity index (χ1) is 9.04. The van der Waals surface area contributed by atoms with Crippen LogP contribution in [0.5, 0.6) is 0 Å². The van der Waals surface area contributed by atoms with Crippen molar-refractivity contribution in [1.82, 2.24) is 25.4 Å². The van der Waals surface area contributed by atoms with Gasteiger partial charge in [0.05, 0.1) is 0 Å². The molecule has 19 heavy (non-hydrogen) atoms. The fraction of sp³-hybridized carbons (Fsp3) is 0.636. The highest BCUT2D eigenvalue weighted by atomic mass is 16.2. The number of nitrogens with zero attached hydrogens (tertiary/aromatic N) is 3. The maximum absolute atomic E-state index is 11.7. The molecule has 0 bridgehead atoms. The molecule has 2 amide bonds. The van der Waals surface area contributed by atoms with Gasteiger partial charge in [-0.05, 0) is 19.3 Å². The summed E-state index contributed by atoms with van der Waals surface area (Å²) in [5.74, 6) is 0.348. The van der Waals surface area contributed by atoms with Crippen LogP contribution in [0.4, 0.5) is 5.95 Å². The molecule has 104 valence electrons. The van der Waals surface area contributed by atoms with Crippen LogP contribution in [0.2, 0.25) is 0 Å². The Morgan fingerprint density at radius 3 is 3.11 bits per heavy atom. The van der Waals surface area contributed by atoms with Crippen molar-refractivity contribution in [3.8, 4) is 0 Å². The van der Waals surface area contributed by atoms with Crippen molar-refractivity contribution in [2.75, 3.05) is 12.3 Å². The van der Waals surface area contributed by atoms with Gasteiger partial charge in [-0.2, -0.15) is 0 Å². The molecule has 8 heteroatoms. The summed E-state index contributed by atoms with van der Waals surface area (Å²) in [5, 5.41) is 9.54. The predicted molar refractivity (Wildman–Crippen MR) is 67.8 cm³/mol. The Morgan fingerprint density at radius 2 is 2.47 bits per heavy atom. The maximum atomic E-state index is 11.7. The summed E-state index contributed by atoms with van der Waals surface area (Å²) in [5.41, 5.74) is 5.36. The van der Waals surface area contributed by atoms with Gasteiger partial charge >= 0.3 is 0 Å². The summed E-state index contributed by atoms with van der Waals surface area (Å²) in [6.07, 6.45) is 2.73. The molecule has 1 fully saturated rings. The molecule has 1 aromatic heterocycles. The zero-order chi connectivity index (χ0) is 13.8. The smallest absolute Gasteiger partial charge is 0.241 e. The number of carbonyl (C=O) groups excluding carboxylic acids is 2. The number of hydrogen-bond donors (Lipinski definition) is 3. The predicted octanol–water partition coefficient (Wildman–Crippen LogP) is -1.11. The Balaban J connectivity index is 1.76. The molecule has 0 spiro atoms. The third-order valence-electron chi connectivity index (χ3n) is 3.26. The van der Waals surface area contributed by atoms with Crippen molar-refractivity contribution < 1.29 is 9.59 Å². The van der Waals surface area contributed by atoms with Gasteiger partial charge in [-0.3, -0.25) is 9.59 Å². The molecule has 0 aromatic carbocycles. The first-order valence-electron chi connectivity index (χ1n) is 6.25. The molecule has 2 unspecified atom stereocenters. The molecule has 1 aliphatic rings. The monoisotopic (exact) mass is 266 g/mol. The number of hydrogen-bond acceptors (Lipinski definition) is 5. The van der Waals surface area contributed by atoms with Gasteiger partial charge in [-0.25, -0.2) is 9.67 Å². The van der Waals surface area contributed by atoms with Crippen LogP contribution in [-0.2, 0) is 16.1 Å². The molecular weight excluding hydrogens is 248 g/mol. The van der Waals surface area contributed by atoms with E-state index in [2.05, 4.69) is 20.7 Å². The summed E-state index contributed by atoms with van der Waals surface area (Å²) < 4.78 is 1.39. The summed E-state index contributed by atoms with van der Waals surface area (Å²) in [6, 6.07) is 0.0866. The van der Waals surface area contributed by atoms with Crippen LogP contribution in [-0.4, -0.2) is 39.2 Å². The minimum atomic E-state index is -0.144. The second-order valence-corrected chi connectivity index (χ2v) is 4.76. The lowest BCUT2D eigenvalue weighted by atomic mass is 9.91. The fourth-order valence-corrected chi connectivity index (χ4v) is 2.12. The van der Waals surface area contributed by atoms with E-state index in [1.807, 2.05) is 6.92 Å². The van der Waals surface area contributed by atoms with Gasteiger partial charge in [0.15, 0.2) is 0 Å². The van der Waals surface area contributed by atoms with Crippen LogP contribution in [0.15, 0.2) is 6.33 Å². The number of piperidine rings is 1. The molecule has 1 saturated heterocycles. The Morgan fingerprint density at radius 1 is 1.68 bits per heavy atom. The quantitative estimate of drug-likeness (QED) is 0.639. The zero-order valence-electron chi connectivity index (χ0n) is 10.8. The molecule has 1 aromatic rings. The van der Waals surface area contributed by atoms with Gasteiger partial charge in [0, 0.05) is 19.0 Å². The zero-order valence-corrected chi connectivity index (χ0v) is 10.8. The van der Waals surface area contributed by atoms with Crippen molar-refractivity contribution in [2.24, 2.45) is 5.92 Å². The maximum Gasteiger partial charge on any atom is 0.241 e. The molecule has 4 N–H and O–H groups in total. The summed E-state index contributed by atoms with van der Waals surface area (Å²) >= 11 is 0. The van der Waals surface area contributed by atoms with Crippen LogP contribution in [0.25, 0.3) is 0 Å². The number of nitrogen functional groups attached to an aromatic ring is 1. The lowest BCUT2D eigenvalue weighted by Gasteiger charge is -2.29. The van der Waals surface area contributed by atoms with Gasteiger partial charge in [0.1, 0.15) is 12.9 Å². The average Bonchev–Trinajstić information content (AvgIpc) is 2.73. The highest BCUT2D eigenvalue weighted by Crippen LogP contribution is 2.15. The van der Waals surface area contributed by atoms with Gasteiger partial charge in [-0.1, -0.05) is 0 Å². The van der Waals surface area contributed by atoms with E-state index in [9.17, 15) is 9.59 Å². The number of anilines is 1. The van der Waals surface area contributed by atoms with Crippen molar-refractivity contribution in [3.63, 3.8) is 0 Å². The standard InChI is InChI=1S/C11H18N6O2/c1-7-8(2-3-9(18)15-7)4-13-10(19)5-17-6-14-11(12)16-17/h6-8H,2-5H2,1H3,(H2,12,16)(H,13,19)(H,15,18). The van der Waals surface area contributed by atoms with E-state index >= 15 is 0 Å². The highest BCUT2D eigenvalue weighted by Gasteiger charge is 2.25. The third kappa shape index (κ3) is 3.67. The van der Waals surface area contributed by atoms with E-state index in [-0.39, 0.29) is 36.3 Å². The lowest BCUT2D eigenvalue weighted by molar-refractivity contribution is -0.124. The van der Waals surface area contributed by atoms with Crippen LogP contribution < -0.4 is 16.4 Å². The number of carbonyl (C=O) groups is 2.